The highest BCUT2D eigenvalue weighted by Crippen LogP contribution is 2.19. The maximum absolute atomic E-state index is 4.59. The summed E-state index contributed by atoms with van der Waals surface area (Å²) in [4.78, 5) is 9.10. The van der Waals surface area contributed by atoms with E-state index in [0.717, 1.165) is 22.5 Å². The van der Waals surface area contributed by atoms with Gasteiger partial charge in [-0.05, 0) is 36.8 Å². The number of benzene rings is 2. The Morgan fingerprint density at radius 2 is 1.83 bits per heavy atom. The number of aryl methyl sites for hydroxylation is 1. The van der Waals surface area contributed by atoms with Gasteiger partial charge in [-0.15, -0.1) is 0 Å². The van der Waals surface area contributed by atoms with Crippen LogP contribution in [-0.4, -0.2) is 19.7 Å². The average molecular weight is 301 g/mol. The molecule has 0 atom stereocenters. The van der Waals surface area contributed by atoms with Gasteiger partial charge in [-0.2, -0.15) is 5.10 Å². The second kappa shape index (κ2) is 5.53. The predicted molar refractivity (Wildman–Crippen MR) is 91.1 cm³/mol. The van der Waals surface area contributed by atoms with Gasteiger partial charge in [-0.25, -0.2) is 14.6 Å². The first kappa shape index (κ1) is 13.5. The van der Waals surface area contributed by atoms with Crippen molar-refractivity contribution in [1.29, 1.82) is 0 Å². The summed E-state index contributed by atoms with van der Waals surface area (Å²) in [7, 11) is 0. The van der Waals surface area contributed by atoms with Crippen molar-refractivity contribution < 1.29 is 0 Å². The van der Waals surface area contributed by atoms with E-state index in [9.17, 15) is 0 Å². The summed E-state index contributed by atoms with van der Waals surface area (Å²) in [6, 6.07) is 18.1. The Hall–Kier alpha value is -3.21. The highest BCUT2D eigenvalue weighted by molar-refractivity contribution is 5.74. The van der Waals surface area contributed by atoms with Gasteiger partial charge in [0.1, 0.15) is 11.3 Å². The highest BCUT2D eigenvalue weighted by Gasteiger charge is 2.08. The van der Waals surface area contributed by atoms with E-state index < -0.39 is 0 Å². The number of anilines is 2. The van der Waals surface area contributed by atoms with Crippen molar-refractivity contribution in [2.24, 2.45) is 0 Å². The van der Waals surface area contributed by atoms with Gasteiger partial charge >= 0.3 is 0 Å². The summed E-state index contributed by atoms with van der Waals surface area (Å²) in [5.41, 5.74) is 4.66. The van der Waals surface area contributed by atoms with E-state index in [1.165, 1.54) is 5.56 Å². The maximum atomic E-state index is 4.59. The van der Waals surface area contributed by atoms with Crippen LogP contribution in [0.2, 0.25) is 0 Å². The molecule has 0 bridgehead atoms. The van der Waals surface area contributed by atoms with Crippen LogP contribution < -0.4 is 5.32 Å². The number of nitrogens with zero attached hydrogens (tertiary/aromatic N) is 4. The van der Waals surface area contributed by atoms with Gasteiger partial charge in [0.05, 0.1) is 18.1 Å². The van der Waals surface area contributed by atoms with E-state index >= 15 is 0 Å². The molecular formula is C18H15N5. The third-order valence-corrected chi connectivity index (χ3v) is 3.57. The average Bonchev–Trinajstić information content (AvgIpc) is 2.99. The lowest BCUT2D eigenvalue weighted by Crippen LogP contribution is -1.99. The van der Waals surface area contributed by atoms with Crippen molar-refractivity contribution in [3.63, 3.8) is 0 Å². The lowest BCUT2D eigenvalue weighted by molar-refractivity contribution is 0.897. The number of rotatable bonds is 3. The van der Waals surface area contributed by atoms with Crippen molar-refractivity contribution in [2.45, 2.75) is 6.92 Å². The Morgan fingerprint density at radius 1 is 0.957 bits per heavy atom. The largest absolute Gasteiger partial charge is 0.339 e. The van der Waals surface area contributed by atoms with E-state index in [4.69, 9.17) is 0 Å². The molecule has 0 radical (unpaired) electrons. The van der Waals surface area contributed by atoms with E-state index in [-0.39, 0.29) is 0 Å². The summed E-state index contributed by atoms with van der Waals surface area (Å²) in [5.74, 6) is 0.704. The highest BCUT2D eigenvalue weighted by atomic mass is 15.3. The normalized spacial score (nSPS) is 10.8. The van der Waals surface area contributed by atoms with Crippen molar-refractivity contribution in [3.05, 3.63) is 72.6 Å². The number of nitrogens with one attached hydrogen (secondary N) is 1. The molecule has 0 spiro atoms. The van der Waals surface area contributed by atoms with Crippen LogP contribution in [0.1, 0.15) is 5.56 Å². The van der Waals surface area contributed by atoms with Crippen LogP contribution in [-0.2, 0) is 0 Å². The molecule has 4 aromatic rings. The molecule has 0 saturated carbocycles. The minimum atomic E-state index is 0.704. The van der Waals surface area contributed by atoms with Gasteiger partial charge in [-0.1, -0.05) is 30.3 Å². The summed E-state index contributed by atoms with van der Waals surface area (Å²) in [6.07, 6.45) is 3.46. The molecule has 0 aliphatic heterocycles. The Labute approximate surface area is 133 Å². The van der Waals surface area contributed by atoms with Gasteiger partial charge in [-0.3, -0.25) is 0 Å². The minimum absolute atomic E-state index is 0.704. The standard InChI is InChI=1S/C18H15N5/c1-13-6-5-7-14(10-13)21-17-12-19-18-16(22-17)11-20-23(18)15-8-3-2-4-9-15/h2-12H,1H3,(H,21,22). The number of fused-ring (bicyclic) bond motifs is 1. The Morgan fingerprint density at radius 3 is 2.65 bits per heavy atom. The summed E-state index contributed by atoms with van der Waals surface area (Å²) >= 11 is 0. The number of hydrogen-bond donors (Lipinski definition) is 1. The number of hydrogen-bond acceptors (Lipinski definition) is 4. The summed E-state index contributed by atoms with van der Waals surface area (Å²) in [5, 5.41) is 7.67. The molecule has 2 aromatic heterocycles. The first-order valence-corrected chi connectivity index (χ1v) is 7.39. The second-order valence-corrected chi connectivity index (χ2v) is 5.35. The Bertz CT molecular complexity index is 959. The zero-order valence-corrected chi connectivity index (χ0v) is 12.6. The fourth-order valence-electron chi connectivity index (χ4n) is 2.50. The van der Waals surface area contributed by atoms with Crippen molar-refractivity contribution in [3.8, 4) is 5.69 Å². The smallest absolute Gasteiger partial charge is 0.181 e. The fourth-order valence-corrected chi connectivity index (χ4v) is 2.50. The molecule has 112 valence electrons. The van der Waals surface area contributed by atoms with Crippen LogP contribution >= 0.6 is 0 Å². The van der Waals surface area contributed by atoms with E-state index in [1.807, 2.05) is 42.5 Å². The third-order valence-electron chi connectivity index (χ3n) is 3.57. The number of aromatic nitrogens is 4. The van der Waals surface area contributed by atoms with Gasteiger partial charge < -0.3 is 5.32 Å². The topological polar surface area (TPSA) is 55.6 Å². The lowest BCUT2D eigenvalue weighted by atomic mass is 10.2. The molecule has 0 aliphatic carbocycles. The third kappa shape index (κ3) is 2.64. The van der Waals surface area contributed by atoms with Crippen molar-refractivity contribution in [1.82, 2.24) is 19.7 Å². The van der Waals surface area contributed by atoms with Gasteiger partial charge in [0.25, 0.3) is 0 Å². The SMILES string of the molecule is Cc1cccc(Nc2cnc3c(cnn3-c3ccccc3)n2)c1. The molecule has 4 rings (SSSR count). The first-order valence-electron chi connectivity index (χ1n) is 7.39. The molecule has 0 saturated heterocycles. The maximum Gasteiger partial charge on any atom is 0.181 e. The van der Waals surface area contributed by atoms with Crippen LogP contribution in [0.15, 0.2) is 67.0 Å². The summed E-state index contributed by atoms with van der Waals surface area (Å²) < 4.78 is 1.79. The molecule has 0 fully saturated rings. The van der Waals surface area contributed by atoms with E-state index in [1.54, 1.807) is 17.1 Å². The molecule has 5 heteroatoms. The van der Waals surface area contributed by atoms with Crippen LogP contribution in [0.3, 0.4) is 0 Å². The van der Waals surface area contributed by atoms with Crippen molar-refractivity contribution >= 4 is 22.7 Å². The second-order valence-electron chi connectivity index (χ2n) is 5.35. The van der Waals surface area contributed by atoms with Gasteiger partial charge in [0, 0.05) is 5.69 Å². The van der Waals surface area contributed by atoms with Crippen LogP contribution in [0.5, 0.6) is 0 Å². The zero-order valence-electron chi connectivity index (χ0n) is 12.6. The van der Waals surface area contributed by atoms with Crippen LogP contribution in [0.4, 0.5) is 11.5 Å². The molecule has 0 aliphatic rings. The summed E-state index contributed by atoms with van der Waals surface area (Å²) in [6.45, 7) is 2.06. The Kier molecular flexibility index (Phi) is 3.24. The van der Waals surface area contributed by atoms with E-state index in [2.05, 4.69) is 39.4 Å². The minimum Gasteiger partial charge on any atom is -0.339 e. The zero-order chi connectivity index (χ0) is 15.6. The fraction of sp³-hybridized carbons (Fsp3) is 0.0556. The van der Waals surface area contributed by atoms with Gasteiger partial charge in [0.15, 0.2) is 5.65 Å². The number of para-hydroxylation sites is 1. The first-order chi connectivity index (χ1) is 11.3. The molecule has 2 aromatic carbocycles. The van der Waals surface area contributed by atoms with Crippen molar-refractivity contribution in [2.75, 3.05) is 5.32 Å². The molecule has 5 nitrogen and oxygen atoms in total. The monoisotopic (exact) mass is 301 g/mol. The Balaban J connectivity index is 1.70. The quantitative estimate of drug-likeness (QED) is 0.624. The lowest BCUT2D eigenvalue weighted by Gasteiger charge is -2.06. The molecule has 0 amide bonds. The van der Waals surface area contributed by atoms with E-state index in [0.29, 0.717) is 5.82 Å². The molecule has 2 heterocycles. The molecule has 23 heavy (non-hydrogen) atoms. The molecule has 1 N–H and O–H groups in total. The van der Waals surface area contributed by atoms with Crippen LogP contribution in [0, 0.1) is 6.92 Å². The molecular weight excluding hydrogens is 286 g/mol. The van der Waals surface area contributed by atoms with Crippen LogP contribution in [0.25, 0.3) is 16.9 Å². The predicted octanol–water partition coefficient (Wildman–Crippen LogP) is 3.87. The molecule has 0 unspecified atom stereocenters. The van der Waals surface area contributed by atoms with Gasteiger partial charge in [0.2, 0.25) is 0 Å².